The molecule has 1 aromatic carbocycles. The standard InChI is InChI=1S/C17H15ClN6O/c18-10-2-3-13-11(8-10)15-14(17(25)24(13)7-1-4-19)16(23-22-15)12-9-20-5-6-21-12/h2-3,5-6,8-9H,1,4,7,19H2,(H,22,23). The lowest BCUT2D eigenvalue weighted by atomic mass is 10.1. The molecular weight excluding hydrogens is 340 g/mol. The maximum atomic E-state index is 13.2. The fourth-order valence-electron chi connectivity index (χ4n) is 3.01. The van der Waals surface area contributed by atoms with E-state index < -0.39 is 0 Å². The second-order valence-corrected chi connectivity index (χ2v) is 6.11. The minimum Gasteiger partial charge on any atom is -0.330 e. The predicted octanol–water partition coefficient (Wildman–Crippen LogP) is 2.34. The number of pyridine rings is 1. The molecule has 3 N–H and O–H groups in total. The molecule has 0 amide bonds. The number of hydrogen-bond donors (Lipinski definition) is 2. The Balaban J connectivity index is 2.12. The summed E-state index contributed by atoms with van der Waals surface area (Å²) in [5.41, 5.74) is 7.98. The highest BCUT2D eigenvalue weighted by molar-refractivity contribution is 6.31. The quantitative estimate of drug-likeness (QED) is 0.585. The van der Waals surface area contributed by atoms with Crippen LogP contribution in [0.1, 0.15) is 6.42 Å². The van der Waals surface area contributed by atoms with Gasteiger partial charge >= 0.3 is 0 Å². The molecule has 8 heteroatoms. The summed E-state index contributed by atoms with van der Waals surface area (Å²) in [6, 6.07) is 5.43. The van der Waals surface area contributed by atoms with Crippen molar-refractivity contribution in [1.29, 1.82) is 0 Å². The van der Waals surface area contributed by atoms with Gasteiger partial charge in [0, 0.05) is 29.3 Å². The zero-order valence-electron chi connectivity index (χ0n) is 13.2. The van der Waals surface area contributed by atoms with Gasteiger partial charge in [-0.2, -0.15) is 5.10 Å². The number of fused-ring (bicyclic) bond motifs is 3. The first-order valence-electron chi connectivity index (χ1n) is 7.87. The summed E-state index contributed by atoms with van der Waals surface area (Å²) in [7, 11) is 0. The van der Waals surface area contributed by atoms with Crippen molar-refractivity contribution < 1.29 is 0 Å². The SMILES string of the molecule is NCCCn1c(=O)c2c(-c3cnccn3)[nH]nc2c2cc(Cl)ccc21. The second kappa shape index (κ2) is 6.27. The van der Waals surface area contributed by atoms with E-state index >= 15 is 0 Å². The van der Waals surface area contributed by atoms with Crippen LogP contribution >= 0.6 is 11.6 Å². The van der Waals surface area contributed by atoms with E-state index in [0.717, 1.165) is 10.9 Å². The van der Waals surface area contributed by atoms with E-state index in [1.807, 2.05) is 12.1 Å². The Bertz CT molecular complexity index is 1120. The number of hydrogen-bond acceptors (Lipinski definition) is 5. The highest BCUT2D eigenvalue weighted by Gasteiger charge is 2.18. The molecule has 0 bridgehead atoms. The van der Waals surface area contributed by atoms with E-state index in [1.54, 1.807) is 29.2 Å². The number of nitrogens with two attached hydrogens (primary N) is 1. The lowest BCUT2D eigenvalue weighted by molar-refractivity contribution is 0.654. The Labute approximate surface area is 147 Å². The van der Waals surface area contributed by atoms with E-state index in [0.29, 0.717) is 46.8 Å². The molecule has 0 aliphatic carbocycles. The number of nitrogens with one attached hydrogen (secondary N) is 1. The van der Waals surface area contributed by atoms with Gasteiger partial charge in [-0.05, 0) is 31.2 Å². The Morgan fingerprint density at radius 1 is 1.28 bits per heavy atom. The molecule has 3 heterocycles. The van der Waals surface area contributed by atoms with Gasteiger partial charge < -0.3 is 10.3 Å². The monoisotopic (exact) mass is 354 g/mol. The van der Waals surface area contributed by atoms with Crippen molar-refractivity contribution in [2.24, 2.45) is 5.73 Å². The molecule has 7 nitrogen and oxygen atoms in total. The first-order valence-corrected chi connectivity index (χ1v) is 8.25. The van der Waals surface area contributed by atoms with E-state index in [1.165, 1.54) is 0 Å². The zero-order valence-corrected chi connectivity index (χ0v) is 14.0. The normalized spacial score (nSPS) is 11.4. The Morgan fingerprint density at radius 2 is 2.16 bits per heavy atom. The number of H-pyrrole nitrogens is 1. The maximum absolute atomic E-state index is 13.2. The van der Waals surface area contributed by atoms with Crippen LogP contribution in [-0.2, 0) is 6.54 Å². The summed E-state index contributed by atoms with van der Waals surface area (Å²) in [5.74, 6) is 0. The molecule has 0 unspecified atom stereocenters. The van der Waals surface area contributed by atoms with Crippen LogP contribution in [-0.4, -0.2) is 31.3 Å². The molecule has 4 rings (SSSR count). The van der Waals surface area contributed by atoms with Gasteiger partial charge in [-0.1, -0.05) is 11.6 Å². The second-order valence-electron chi connectivity index (χ2n) is 5.67. The number of aromatic nitrogens is 5. The topological polar surface area (TPSA) is 102 Å². The van der Waals surface area contributed by atoms with Gasteiger partial charge in [-0.25, -0.2) is 0 Å². The van der Waals surface area contributed by atoms with Gasteiger partial charge in [0.05, 0.1) is 22.8 Å². The van der Waals surface area contributed by atoms with Crippen LogP contribution in [0.15, 0.2) is 41.6 Å². The summed E-state index contributed by atoms with van der Waals surface area (Å²) in [6.07, 6.45) is 5.45. The van der Waals surface area contributed by atoms with Gasteiger partial charge in [-0.3, -0.25) is 19.9 Å². The average molecular weight is 355 g/mol. The minimum atomic E-state index is -0.132. The smallest absolute Gasteiger partial charge is 0.262 e. The number of aryl methyl sites for hydroxylation is 1. The Morgan fingerprint density at radius 3 is 2.92 bits per heavy atom. The molecule has 126 valence electrons. The predicted molar refractivity (Wildman–Crippen MR) is 97.6 cm³/mol. The molecule has 0 spiro atoms. The lowest BCUT2D eigenvalue weighted by Crippen LogP contribution is -2.22. The molecule has 0 radical (unpaired) electrons. The van der Waals surface area contributed by atoms with Gasteiger partial charge in [0.1, 0.15) is 11.2 Å². The number of rotatable bonds is 4. The van der Waals surface area contributed by atoms with Crippen molar-refractivity contribution >= 4 is 33.4 Å². The van der Waals surface area contributed by atoms with Gasteiger partial charge in [0.15, 0.2) is 0 Å². The molecular formula is C17H15ClN6O. The van der Waals surface area contributed by atoms with Crippen LogP contribution in [0.4, 0.5) is 0 Å². The highest BCUT2D eigenvalue weighted by atomic mass is 35.5. The van der Waals surface area contributed by atoms with Crippen LogP contribution in [0.5, 0.6) is 0 Å². The molecule has 0 aliphatic rings. The van der Waals surface area contributed by atoms with Crippen LogP contribution in [0.25, 0.3) is 33.2 Å². The van der Waals surface area contributed by atoms with Crippen molar-refractivity contribution in [2.75, 3.05) is 6.54 Å². The maximum Gasteiger partial charge on any atom is 0.262 e. The zero-order chi connectivity index (χ0) is 17.4. The van der Waals surface area contributed by atoms with E-state index in [2.05, 4.69) is 20.2 Å². The number of aromatic amines is 1. The first-order chi connectivity index (χ1) is 12.2. The van der Waals surface area contributed by atoms with Crippen LogP contribution in [0, 0.1) is 0 Å². The van der Waals surface area contributed by atoms with Crippen molar-refractivity contribution in [3.05, 3.63) is 52.2 Å². The fraction of sp³-hybridized carbons (Fsp3) is 0.176. The molecule has 0 atom stereocenters. The van der Waals surface area contributed by atoms with E-state index in [4.69, 9.17) is 17.3 Å². The molecule has 3 aromatic heterocycles. The molecule has 0 aliphatic heterocycles. The molecule has 4 aromatic rings. The number of nitrogens with zero attached hydrogens (tertiary/aromatic N) is 4. The Kier molecular flexibility index (Phi) is 3.95. The third-order valence-electron chi connectivity index (χ3n) is 4.14. The molecule has 25 heavy (non-hydrogen) atoms. The first kappa shape index (κ1) is 15.7. The van der Waals surface area contributed by atoms with E-state index in [9.17, 15) is 4.79 Å². The third-order valence-corrected chi connectivity index (χ3v) is 4.37. The minimum absolute atomic E-state index is 0.132. The summed E-state index contributed by atoms with van der Waals surface area (Å²) in [6.45, 7) is 1.02. The molecule has 0 saturated heterocycles. The fourth-order valence-corrected chi connectivity index (χ4v) is 3.18. The number of benzene rings is 1. The van der Waals surface area contributed by atoms with E-state index in [-0.39, 0.29) is 5.56 Å². The summed E-state index contributed by atoms with van der Waals surface area (Å²) in [5, 5.41) is 9.16. The van der Waals surface area contributed by atoms with Gasteiger partial charge in [0.2, 0.25) is 0 Å². The average Bonchev–Trinajstić information content (AvgIpc) is 3.08. The number of halogens is 1. The lowest BCUT2D eigenvalue weighted by Gasteiger charge is -2.11. The third kappa shape index (κ3) is 2.57. The molecule has 0 saturated carbocycles. The summed E-state index contributed by atoms with van der Waals surface area (Å²) in [4.78, 5) is 21.5. The van der Waals surface area contributed by atoms with Crippen LogP contribution in [0.3, 0.4) is 0 Å². The largest absolute Gasteiger partial charge is 0.330 e. The van der Waals surface area contributed by atoms with Gasteiger partial charge in [-0.15, -0.1) is 0 Å². The highest BCUT2D eigenvalue weighted by Crippen LogP contribution is 2.29. The molecule has 0 fully saturated rings. The van der Waals surface area contributed by atoms with Crippen molar-refractivity contribution in [3.8, 4) is 11.4 Å². The van der Waals surface area contributed by atoms with Crippen LogP contribution < -0.4 is 11.3 Å². The Hall–Kier alpha value is -2.77. The van der Waals surface area contributed by atoms with Crippen molar-refractivity contribution in [1.82, 2.24) is 24.7 Å². The summed E-state index contributed by atoms with van der Waals surface area (Å²) >= 11 is 6.17. The summed E-state index contributed by atoms with van der Waals surface area (Å²) < 4.78 is 1.72. The van der Waals surface area contributed by atoms with Crippen molar-refractivity contribution in [3.63, 3.8) is 0 Å². The van der Waals surface area contributed by atoms with Crippen LogP contribution in [0.2, 0.25) is 5.02 Å². The van der Waals surface area contributed by atoms with Gasteiger partial charge in [0.25, 0.3) is 5.56 Å². The van der Waals surface area contributed by atoms with Crippen molar-refractivity contribution in [2.45, 2.75) is 13.0 Å².